The van der Waals surface area contributed by atoms with Gasteiger partial charge in [-0.15, -0.1) is 11.3 Å². The van der Waals surface area contributed by atoms with Crippen molar-refractivity contribution in [2.24, 2.45) is 0 Å². The number of methoxy groups -OCH3 is 1. The quantitative estimate of drug-likeness (QED) is 0.868. The number of benzene rings is 1. The Morgan fingerprint density at radius 2 is 2.23 bits per heavy atom. The standard InChI is InChI=1S/C16H14N2O2S2/c1-9-3-4-10(7-11(9)20-2)8-12-14(19)13(15(17)22-12)16-18-5-6-21-16/h3-8,13,17H,1-2H3/b12-8-,17-15?/t13-/m0/s1. The maximum absolute atomic E-state index is 12.5. The summed E-state index contributed by atoms with van der Waals surface area (Å²) in [7, 11) is 1.63. The maximum atomic E-state index is 12.5. The molecule has 1 aromatic heterocycles. The number of aromatic nitrogens is 1. The molecule has 1 fully saturated rings. The van der Waals surface area contributed by atoms with Crippen LogP contribution in [0.2, 0.25) is 0 Å². The second-order valence-corrected chi connectivity index (χ2v) is 6.88. The number of ether oxygens (including phenoxy) is 1. The fraction of sp³-hybridized carbons (Fsp3) is 0.188. The summed E-state index contributed by atoms with van der Waals surface area (Å²) in [4.78, 5) is 17.3. The van der Waals surface area contributed by atoms with Gasteiger partial charge in [0, 0.05) is 11.6 Å². The highest BCUT2D eigenvalue weighted by atomic mass is 32.2. The number of ketones is 1. The van der Waals surface area contributed by atoms with Gasteiger partial charge in [-0.25, -0.2) is 4.98 Å². The van der Waals surface area contributed by atoms with E-state index in [4.69, 9.17) is 10.1 Å². The van der Waals surface area contributed by atoms with Crippen molar-refractivity contribution in [1.82, 2.24) is 4.98 Å². The first-order valence-electron chi connectivity index (χ1n) is 6.66. The first-order chi connectivity index (χ1) is 10.6. The van der Waals surface area contributed by atoms with E-state index in [1.807, 2.05) is 36.6 Å². The highest BCUT2D eigenvalue weighted by Gasteiger charge is 2.38. The first-order valence-corrected chi connectivity index (χ1v) is 8.36. The van der Waals surface area contributed by atoms with Gasteiger partial charge in [0.25, 0.3) is 0 Å². The number of hydrogen-bond acceptors (Lipinski definition) is 6. The van der Waals surface area contributed by atoms with Gasteiger partial charge in [-0.3, -0.25) is 10.2 Å². The zero-order valence-electron chi connectivity index (χ0n) is 12.1. The van der Waals surface area contributed by atoms with Crippen LogP contribution in [-0.4, -0.2) is 22.9 Å². The van der Waals surface area contributed by atoms with Crippen molar-refractivity contribution in [2.45, 2.75) is 12.8 Å². The number of thiazole rings is 1. The smallest absolute Gasteiger partial charge is 0.186 e. The average Bonchev–Trinajstić information content (AvgIpc) is 3.10. The third kappa shape index (κ3) is 2.71. The molecule has 2 heterocycles. The predicted molar refractivity (Wildman–Crippen MR) is 90.9 cm³/mol. The Bertz CT molecular complexity index is 766. The topological polar surface area (TPSA) is 63.0 Å². The predicted octanol–water partition coefficient (Wildman–Crippen LogP) is 3.88. The Kier molecular flexibility index (Phi) is 4.13. The van der Waals surface area contributed by atoms with E-state index in [1.54, 1.807) is 13.3 Å². The minimum absolute atomic E-state index is 0.0514. The Hall–Kier alpha value is -1.92. The third-order valence-electron chi connectivity index (χ3n) is 3.42. The van der Waals surface area contributed by atoms with Crippen LogP contribution in [0.5, 0.6) is 5.75 Å². The maximum Gasteiger partial charge on any atom is 0.186 e. The lowest BCUT2D eigenvalue weighted by atomic mass is 10.0. The summed E-state index contributed by atoms with van der Waals surface area (Å²) in [6, 6.07) is 5.80. The van der Waals surface area contributed by atoms with Gasteiger partial charge in [0.1, 0.15) is 16.7 Å². The summed E-state index contributed by atoms with van der Waals surface area (Å²) in [6.45, 7) is 1.97. The minimum Gasteiger partial charge on any atom is -0.496 e. The van der Waals surface area contributed by atoms with Crippen LogP contribution >= 0.6 is 23.1 Å². The lowest BCUT2D eigenvalue weighted by molar-refractivity contribution is -0.114. The summed E-state index contributed by atoms with van der Waals surface area (Å²) < 4.78 is 5.31. The largest absolute Gasteiger partial charge is 0.496 e. The fourth-order valence-electron chi connectivity index (χ4n) is 2.27. The SMILES string of the molecule is COc1cc(/C=C2\SC(=N)[C@@H](c3nccs3)C2=O)ccc1C. The number of hydrogen-bond donors (Lipinski definition) is 1. The molecular weight excluding hydrogens is 316 g/mol. The second-order valence-electron chi connectivity index (χ2n) is 4.87. The third-order valence-corrected chi connectivity index (χ3v) is 5.25. The molecule has 0 spiro atoms. The van der Waals surface area contributed by atoms with Crippen LogP contribution < -0.4 is 4.74 Å². The van der Waals surface area contributed by atoms with Crippen LogP contribution in [0.1, 0.15) is 22.1 Å². The van der Waals surface area contributed by atoms with Gasteiger partial charge in [0.05, 0.1) is 17.1 Å². The molecule has 1 saturated heterocycles. The zero-order valence-corrected chi connectivity index (χ0v) is 13.8. The van der Waals surface area contributed by atoms with Gasteiger partial charge in [0.2, 0.25) is 0 Å². The minimum atomic E-state index is -0.538. The van der Waals surface area contributed by atoms with Crippen molar-refractivity contribution < 1.29 is 9.53 Å². The summed E-state index contributed by atoms with van der Waals surface area (Å²) in [5, 5.41) is 10.9. The average molecular weight is 330 g/mol. The molecule has 22 heavy (non-hydrogen) atoms. The number of nitrogens with zero attached hydrogens (tertiary/aromatic N) is 1. The number of nitrogens with one attached hydrogen (secondary N) is 1. The summed E-state index contributed by atoms with van der Waals surface area (Å²) in [5.74, 6) is 0.199. The van der Waals surface area contributed by atoms with Gasteiger partial charge >= 0.3 is 0 Å². The Balaban J connectivity index is 1.93. The van der Waals surface area contributed by atoms with Gasteiger partial charge in [-0.05, 0) is 30.2 Å². The van der Waals surface area contributed by atoms with E-state index in [2.05, 4.69) is 4.98 Å². The van der Waals surface area contributed by atoms with Crippen molar-refractivity contribution in [1.29, 1.82) is 5.41 Å². The van der Waals surface area contributed by atoms with E-state index in [-0.39, 0.29) is 5.78 Å². The van der Waals surface area contributed by atoms with Crippen molar-refractivity contribution in [3.63, 3.8) is 0 Å². The van der Waals surface area contributed by atoms with Crippen molar-refractivity contribution >= 4 is 40.0 Å². The van der Waals surface area contributed by atoms with Crippen molar-refractivity contribution in [3.8, 4) is 5.75 Å². The summed E-state index contributed by atoms with van der Waals surface area (Å²) in [5.41, 5.74) is 1.94. The molecule has 0 bridgehead atoms. The van der Waals surface area contributed by atoms with E-state index < -0.39 is 5.92 Å². The Labute approximate surface area is 136 Å². The van der Waals surface area contributed by atoms with Gasteiger partial charge in [-0.2, -0.15) is 0 Å². The first kappa shape index (κ1) is 15.0. The molecule has 0 unspecified atom stereocenters. The van der Waals surface area contributed by atoms with Crippen LogP contribution in [-0.2, 0) is 4.79 Å². The molecule has 2 aromatic rings. The molecule has 112 valence electrons. The van der Waals surface area contributed by atoms with Crippen LogP contribution in [0.4, 0.5) is 0 Å². The molecule has 3 rings (SSSR count). The lowest BCUT2D eigenvalue weighted by Gasteiger charge is -2.05. The van der Waals surface area contributed by atoms with Crippen LogP contribution in [0.3, 0.4) is 0 Å². The van der Waals surface area contributed by atoms with E-state index in [0.717, 1.165) is 16.9 Å². The van der Waals surface area contributed by atoms with E-state index in [0.29, 0.717) is 15.0 Å². The number of thioether (sulfide) groups is 1. The van der Waals surface area contributed by atoms with Gasteiger partial charge < -0.3 is 4.74 Å². The Morgan fingerprint density at radius 3 is 2.91 bits per heavy atom. The Morgan fingerprint density at radius 1 is 1.41 bits per heavy atom. The molecule has 1 aliphatic rings. The number of carbonyl (C=O) groups excluding carboxylic acids is 1. The van der Waals surface area contributed by atoms with Gasteiger partial charge in [0.15, 0.2) is 5.78 Å². The number of rotatable bonds is 3. The van der Waals surface area contributed by atoms with E-state index in [9.17, 15) is 4.79 Å². The molecule has 0 aliphatic carbocycles. The summed E-state index contributed by atoms with van der Waals surface area (Å²) >= 11 is 2.62. The molecule has 1 aromatic carbocycles. The molecule has 0 amide bonds. The molecule has 1 aliphatic heterocycles. The number of aryl methyl sites for hydroxylation is 1. The van der Waals surface area contributed by atoms with Crippen LogP contribution in [0.25, 0.3) is 6.08 Å². The monoisotopic (exact) mass is 330 g/mol. The summed E-state index contributed by atoms with van der Waals surface area (Å²) in [6.07, 6.45) is 3.48. The lowest BCUT2D eigenvalue weighted by Crippen LogP contribution is -2.11. The molecule has 0 radical (unpaired) electrons. The van der Waals surface area contributed by atoms with Crippen LogP contribution in [0.15, 0.2) is 34.7 Å². The van der Waals surface area contributed by atoms with Crippen molar-refractivity contribution in [2.75, 3.05) is 7.11 Å². The highest BCUT2D eigenvalue weighted by Crippen LogP contribution is 2.41. The molecular formula is C16H14N2O2S2. The normalized spacial score (nSPS) is 19.9. The number of allylic oxidation sites excluding steroid dienone is 1. The van der Waals surface area contributed by atoms with Gasteiger partial charge in [-0.1, -0.05) is 23.9 Å². The number of carbonyl (C=O) groups is 1. The molecule has 1 atom stereocenters. The zero-order chi connectivity index (χ0) is 15.7. The molecule has 0 saturated carbocycles. The number of Topliss-reactive ketones (excluding diaryl/α,β-unsaturated/α-hetero) is 1. The molecule has 1 N–H and O–H groups in total. The molecule has 4 nitrogen and oxygen atoms in total. The van der Waals surface area contributed by atoms with Crippen LogP contribution in [0, 0.1) is 12.3 Å². The second kappa shape index (κ2) is 6.06. The van der Waals surface area contributed by atoms with E-state index in [1.165, 1.54) is 23.1 Å². The van der Waals surface area contributed by atoms with Crippen molar-refractivity contribution in [3.05, 3.63) is 50.8 Å². The highest BCUT2D eigenvalue weighted by molar-refractivity contribution is 8.19. The van der Waals surface area contributed by atoms with E-state index >= 15 is 0 Å². The molecule has 6 heteroatoms. The fourth-order valence-corrected chi connectivity index (χ4v) is 4.07.